The van der Waals surface area contributed by atoms with Crippen LogP contribution in [-0.4, -0.2) is 39.6 Å². The summed E-state index contributed by atoms with van der Waals surface area (Å²) >= 11 is 0. The monoisotopic (exact) mass is 241 g/mol. The van der Waals surface area contributed by atoms with E-state index in [0.717, 1.165) is 6.20 Å². The first-order valence-electron chi connectivity index (χ1n) is 4.61. The molecule has 92 valence electrons. The van der Waals surface area contributed by atoms with Crippen LogP contribution in [0.2, 0.25) is 0 Å². The number of nitrogens with two attached hydrogens (primary N) is 1. The van der Waals surface area contributed by atoms with Crippen molar-refractivity contribution in [3.63, 3.8) is 0 Å². The van der Waals surface area contributed by atoms with Crippen molar-refractivity contribution in [2.75, 3.05) is 24.2 Å². The Bertz CT molecular complexity index is 450. The molecular formula is C8H11N5O4. The summed E-state index contributed by atoms with van der Waals surface area (Å²) in [5.41, 5.74) is 5.01. The molecule has 0 aliphatic carbocycles. The molecule has 0 radical (unpaired) electrons. The van der Waals surface area contributed by atoms with Crippen LogP contribution in [0.5, 0.6) is 0 Å². The maximum absolute atomic E-state index is 10.5. The molecule has 9 nitrogen and oxygen atoms in total. The van der Waals surface area contributed by atoms with Crippen LogP contribution in [0.25, 0.3) is 0 Å². The number of anilines is 2. The molecule has 0 fully saturated rings. The van der Waals surface area contributed by atoms with Gasteiger partial charge < -0.3 is 15.7 Å². The fourth-order valence-electron chi connectivity index (χ4n) is 1.07. The fraction of sp³-hybridized carbons (Fsp3) is 0.375. The lowest BCUT2D eigenvalue weighted by molar-refractivity contribution is -0.384. The predicted octanol–water partition coefficient (Wildman–Crippen LogP) is -0.122. The highest BCUT2D eigenvalue weighted by Gasteiger charge is 2.16. The van der Waals surface area contributed by atoms with Crippen LogP contribution in [-0.2, 0) is 4.79 Å². The van der Waals surface area contributed by atoms with E-state index in [-0.39, 0.29) is 30.4 Å². The number of rotatable bonds is 5. The topological polar surface area (TPSA) is 135 Å². The lowest BCUT2D eigenvalue weighted by Gasteiger charge is -2.15. The van der Waals surface area contributed by atoms with Crippen molar-refractivity contribution in [3.05, 3.63) is 16.3 Å². The van der Waals surface area contributed by atoms with Gasteiger partial charge in [0.25, 0.3) is 0 Å². The maximum atomic E-state index is 10.5. The number of aliphatic carboxylic acids is 1. The summed E-state index contributed by atoms with van der Waals surface area (Å²) in [5.74, 6) is -1.05. The van der Waals surface area contributed by atoms with Gasteiger partial charge in [-0.15, -0.1) is 0 Å². The van der Waals surface area contributed by atoms with Crippen molar-refractivity contribution >= 4 is 23.4 Å². The summed E-state index contributed by atoms with van der Waals surface area (Å²) in [4.78, 5) is 29.1. The minimum absolute atomic E-state index is 0.0866. The lowest BCUT2D eigenvalue weighted by atomic mass is 10.4. The Labute approximate surface area is 96.0 Å². The average Bonchev–Trinajstić information content (AvgIpc) is 2.25. The molecule has 0 unspecified atom stereocenters. The SMILES string of the molecule is CN(CCC(=O)O)c1ncc([N+](=O)[O-])c(N)n1. The lowest BCUT2D eigenvalue weighted by Crippen LogP contribution is -2.23. The smallest absolute Gasteiger partial charge is 0.329 e. The number of hydrogen-bond donors (Lipinski definition) is 2. The normalized spacial score (nSPS) is 9.94. The Balaban J connectivity index is 2.82. The van der Waals surface area contributed by atoms with Crippen LogP contribution < -0.4 is 10.6 Å². The molecule has 17 heavy (non-hydrogen) atoms. The number of nitrogen functional groups attached to an aromatic ring is 1. The molecule has 1 rings (SSSR count). The van der Waals surface area contributed by atoms with Crippen LogP contribution in [0, 0.1) is 10.1 Å². The number of aromatic nitrogens is 2. The van der Waals surface area contributed by atoms with Gasteiger partial charge in [0, 0.05) is 13.6 Å². The molecule has 3 N–H and O–H groups in total. The second-order valence-corrected chi connectivity index (χ2v) is 3.26. The van der Waals surface area contributed by atoms with Crippen LogP contribution >= 0.6 is 0 Å². The fourth-order valence-corrected chi connectivity index (χ4v) is 1.07. The van der Waals surface area contributed by atoms with Gasteiger partial charge >= 0.3 is 11.7 Å². The second-order valence-electron chi connectivity index (χ2n) is 3.26. The third kappa shape index (κ3) is 3.26. The van der Waals surface area contributed by atoms with E-state index in [4.69, 9.17) is 10.8 Å². The quantitative estimate of drug-likeness (QED) is 0.537. The average molecular weight is 241 g/mol. The van der Waals surface area contributed by atoms with Crippen molar-refractivity contribution in [1.82, 2.24) is 9.97 Å². The predicted molar refractivity (Wildman–Crippen MR) is 58.6 cm³/mol. The Kier molecular flexibility index (Phi) is 3.75. The minimum Gasteiger partial charge on any atom is -0.481 e. The van der Waals surface area contributed by atoms with Gasteiger partial charge in [-0.25, -0.2) is 4.98 Å². The maximum Gasteiger partial charge on any atom is 0.329 e. The van der Waals surface area contributed by atoms with E-state index < -0.39 is 10.9 Å². The third-order valence-electron chi connectivity index (χ3n) is 1.98. The molecule has 0 saturated carbocycles. The number of carboxylic acids is 1. The van der Waals surface area contributed by atoms with Crippen molar-refractivity contribution in [2.24, 2.45) is 0 Å². The van der Waals surface area contributed by atoms with Gasteiger partial charge in [-0.1, -0.05) is 0 Å². The molecule has 0 amide bonds. The molecule has 0 bridgehead atoms. The number of carbonyl (C=O) groups is 1. The van der Waals surface area contributed by atoms with E-state index in [1.165, 1.54) is 4.90 Å². The van der Waals surface area contributed by atoms with E-state index in [1.807, 2.05) is 0 Å². The number of nitrogens with zero attached hydrogens (tertiary/aromatic N) is 4. The highest BCUT2D eigenvalue weighted by molar-refractivity contribution is 5.67. The third-order valence-corrected chi connectivity index (χ3v) is 1.98. The van der Waals surface area contributed by atoms with E-state index in [0.29, 0.717) is 0 Å². The summed E-state index contributed by atoms with van der Waals surface area (Å²) < 4.78 is 0. The van der Waals surface area contributed by atoms with Crippen molar-refractivity contribution in [3.8, 4) is 0 Å². The molecule has 1 aromatic heterocycles. The molecule has 1 heterocycles. The molecule has 1 aromatic rings. The first-order valence-corrected chi connectivity index (χ1v) is 4.61. The van der Waals surface area contributed by atoms with Crippen LogP contribution in [0.1, 0.15) is 6.42 Å². The highest BCUT2D eigenvalue weighted by Crippen LogP contribution is 2.19. The van der Waals surface area contributed by atoms with E-state index >= 15 is 0 Å². The zero-order valence-corrected chi connectivity index (χ0v) is 9.03. The van der Waals surface area contributed by atoms with Gasteiger partial charge in [-0.3, -0.25) is 14.9 Å². The summed E-state index contributed by atoms with van der Waals surface area (Å²) in [6.45, 7) is 0.187. The Morgan fingerprint density at radius 3 is 2.82 bits per heavy atom. The molecule has 0 spiro atoms. The van der Waals surface area contributed by atoms with Crippen LogP contribution in [0.4, 0.5) is 17.5 Å². The molecule has 0 saturated heterocycles. The minimum atomic E-state index is -0.952. The van der Waals surface area contributed by atoms with E-state index in [2.05, 4.69) is 9.97 Å². The number of hydrogen-bond acceptors (Lipinski definition) is 7. The summed E-state index contributed by atoms with van der Waals surface area (Å²) in [7, 11) is 1.57. The highest BCUT2D eigenvalue weighted by atomic mass is 16.6. The van der Waals surface area contributed by atoms with Gasteiger partial charge in [0.05, 0.1) is 11.3 Å². The van der Waals surface area contributed by atoms with E-state index in [9.17, 15) is 14.9 Å². The van der Waals surface area contributed by atoms with Gasteiger partial charge in [0.1, 0.15) is 6.20 Å². The molecular weight excluding hydrogens is 230 g/mol. The number of nitro groups is 1. The van der Waals surface area contributed by atoms with Crippen molar-refractivity contribution in [2.45, 2.75) is 6.42 Å². The van der Waals surface area contributed by atoms with Gasteiger partial charge in [0.2, 0.25) is 11.8 Å². The summed E-state index contributed by atoms with van der Waals surface area (Å²) in [6.07, 6.45) is 0.908. The molecule has 0 aliphatic heterocycles. The zero-order valence-electron chi connectivity index (χ0n) is 9.03. The van der Waals surface area contributed by atoms with Gasteiger partial charge in [-0.2, -0.15) is 4.98 Å². The second kappa shape index (κ2) is 5.05. The first kappa shape index (κ1) is 12.6. The number of carboxylic acid groups (broad SMARTS) is 1. The standard InChI is InChI=1S/C8H11N5O4/c1-12(3-2-6(14)15)8-10-4-5(13(16)17)7(9)11-8/h4H,2-3H2,1H3,(H,14,15)(H2,9,10,11). The van der Waals surface area contributed by atoms with E-state index in [1.54, 1.807) is 7.05 Å². The zero-order chi connectivity index (χ0) is 13.0. The largest absolute Gasteiger partial charge is 0.481 e. The summed E-state index contributed by atoms with van der Waals surface area (Å²) in [6, 6.07) is 0. The first-order chi connectivity index (χ1) is 7.91. The Hall–Kier alpha value is -2.45. The summed E-state index contributed by atoms with van der Waals surface area (Å²) in [5, 5.41) is 19.0. The van der Waals surface area contributed by atoms with Crippen molar-refractivity contribution < 1.29 is 14.8 Å². The Morgan fingerprint density at radius 2 is 2.35 bits per heavy atom. The Morgan fingerprint density at radius 1 is 1.71 bits per heavy atom. The van der Waals surface area contributed by atoms with Gasteiger partial charge in [-0.05, 0) is 0 Å². The molecule has 0 atom stereocenters. The molecule has 0 aromatic carbocycles. The van der Waals surface area contributed by atoms with Crippen molar-refractivity contribution in [1.29, 1.82) is 0 Å². The molecule has 9 heteroatoms. The van der Waals surface area contributed by atoms with Gasteiger partial charge in [0.15, 0.2) is 0 Å². The van der Waals surface area contributed by atoms with Crippen LogP contribution in [0.3, 0.4) is 0 Å². The molecule has 0 aliphatic rings. The van der Waals surface area contributed by atoms with Crippen LogP contribution in [0.15, 0.2) is 6.20 Å².